The highest BCUT2D eigenvalue weighted by atomic mass is 79.9. The number of carbonyl (C=O) groups excluding carboxylic acids is 1. The molecule has 0 spiro atoms. The lowest BCUT2D eigenvalue weighted by Crippen LogP contribution is -2.08. The van der Waals surface area contributed by atoms with Gasteiger partial charge in [-0.05, 0) is 40.2 Å². The number of carbonyl (C=O) groups is 1. The maximum atomic E-state index is 11.7. The van der Waals surface area contributed by atoms with Crippen LogP contribution in [0.5, 0.6) is 0 Å². The third-order valence-electron chi connectivity index (χ3n) is 2.20. The fourth-order valence-electron chi connectivity index (χ4n) is 1.35. The van der Waals surface area contributed by atoms with Crippen LogP contribution in [0, 0.1) is 0 Å². The van der Waals surface area contributed by atoms with Gasteiger partial charge in [-0.25, -0.2) is 0 Å². The van der Waals surface area contributed by atoms with Crippen LogP contribution in [0.25, 0.3) is 6.08 Å². The molecule has 0 saturated carbocycles. The molecular weight excluding hydrogens is 369 g/mol. The molecule has 2 rings (SSSR count). The molecule has 0 aliphatic rings. The second kappa shape index (κ2) is 6.57. The van der Waals surface area contributed by atoms with Gasteiger partial charge in [-0.15, -0.1) is 11.3 Å². The van der Waals surface area contributed by atoms with E-state index in [4.69, 9.17) is 23.2 Å². The zero-order chi connectivity index (χ0) is 13.8. The number of benzene rings is 1. The number of hydrogen-bond donors (Lipinski definition) is 1. The Morgan fingerprint density at radius 2 is 2.16 bits per heavy atom. The summed E-state index contributed by atoms with van der Waals surface area (Å²) in [6, 6.07) is 7.02. The van der Waals surface area contributed by atoms with Gasteiger partial charge in [-0.3, -0.25) is 4.79 Å². The first kappa shape index (κ1) is 14.6. The van der Waals surface area contributed by atoms with E-state index >= 15 is 0 Å². The summed E-state index contributed by atoms with van der Waals surface area (Å²) < 4.78 is 0.996. The van der Waals surface area contributed by atoms with Crippen molar-refractivity contribution in [1.82, 2.24) is 0 Å². The molecule has 1 aromatic heterocycles. The maximum absolute atomic E-state index is 11.7. The number of halogens is 3. The Morgan fingerprint density at radius 3 is 2.84 bits per heavy atom. The molecule has 0 atom stereocenters. The number of rotatable bonds is 3. The minimum absolute atomic E-state index is 0.256. The second-order valence-corrected chi connectivity index (χ2v) is 6.23. The highest BCUT2D eigenvalue weighted by Crippen LogP contribution is 2.29. The van der Waals surface area contributed by atoms with Gasteiger partial charge in [-0.2, -0.15) is 0 Å². The van der Waals surface area contributed by atoms with Gasteiger partial charge in [0.1, 0.15) is 0 Å². The largest absolute Gasteiger partial charge is 0.321 e. The van der Waals surface area contributed by atoms with E-state index < -0.39 is 0 Å². The molecule has 0 aliphatic heterocycles. The monoisotopic (exact) mass is 375 g/mol. The molecule has 2 nitrogen and oxygen atoms in total. The zero-order valence-corrected chi connectivity index (χ0v) is 13.4. The van der Waals surface area contributed by atoms with Crippen LogP contribution in [-0.2, 0) is 4.79 Å². The minimum atomic E-state index is -0.256. The van der Waals surface area contributed by atoms with Gasteiger partial charge in [0.2, 0.25) is 5.91 Å². The van der Waals surface area contributed by atoms with Gasteiger partial charge >= 0.3 is 0 Å². The molecule has 19 heavy (non-hydrogen) atoms. The molecule has 0 radical (unpaired) electrons. The van der Waals surface area contributed by atoms with Crippen molar-refractivity contribution in [1.29, 1.82) is 0 Å². The average molecular weight is 377 g/mol. The van der Waals surface area contributed by atoms with Crippen LogP contribution < -0.4 is 5.32 Å². The summed E-state index contributed by atoms with van der Waals surface area (Å²) in [5, 5.41) is 5.37. The molecule has 6 heteroatoms. The molecule has 1 amide bonds. The van der Waals surface area contributed by atoms with Gasteiger partial charge in [0.15, 0.2) is 0 Å². The smallest absolute Gasteiger partial charge is 0.248 e. The first-order valence-corrected chi connectivity index (χ1v) is 7.66. The predicted molar refractivity (Wildman–Crippen MR) is 86.1 cm³/mol. The van der Waals surface area contributed by atoms with Crippen LogP contribution in [0.3, 0.4) is 0 Å². The Morgan fingerprint density at radius 1 is 1.37 bits per heavy atom. The van der Waals surface area contributed by atoms with Crippen molar-refractivity contribution in [3.63, 3.8) is 0 Å². The fraction of sp³-hybridized carbons (Fsp3) is 0. The van der Waals surface area contributed by atoms with Crippen molar-refractivity contribution in [2.45, 2.75) is 0 Å². The third-order valence-corrected chi connectivity index (χ3v) is 4.67. The SMILES string of the molecule is O=C(/C=C/c1cc(Br)cs1)Nc1cccc(Cl)c1Cl. The molecule has 0 aliphatic carbocycles. The lowest BCUT2D eigenvalue weighted by atomic mass is 10.3. The van der Waals surface area contributed by atoms with Crippen LogP contribution >= 0.6 is 50.5 Å². The van der Waals surface area contributed by atoms with Gasteiger partial charge in [-0.1, -0.05) is 29.3 Å². The van der Waals surface area contributed by atoms with Crippen LogP contribution in [0.4, 0.5) is 5.69 Å². The van der Waals surface area contributed by atoms with E-state index in [1.165, 1.54) is 6.08 Å². The number of hydrogen-bond acceptors (Lipinski definition) is 2. The van der Waals surface area contributed by atoms with Crippen molar-refractivity contribution in [3.05, 3.63) is 55.1 Å². The van der Waals surface area contributed by atoms with E-state index in [0.717, 1.165) is 9.35 Å². The number of thiophene rings is 1. The summed E-state index contributed by atoms with van der Waals surface area (Å²) in [7, 11) is 0. The molecule has 1 N–H and O–H groups in total. The minimum Gasteiger partial charge on any atom is -0.321 e. The molecule has 1 heterocycles. The lowest BCUT2D eigenvalue weighted by Gasteiger charge is -2.05. The molecular formula is C13H8BrCl2NOS. The molecule has 2 aromatic rings. The number of anilines is 1. The van der Waals surface area contributed by atoms with Gasteiger partial charge in [0.05, 0.1) is 15.7 Å². The summed E-state index contributed by atoms with van der Waals surface area (Å²) >= 11 is 16.7. The molecule has 0 bridgehead atoms. The van der Waals surface area contributed by atoms with E-state index in [1.54, 1.807) is 35.6 Å². The van der Waals surface area contributed by atoms with Crippen LogP contribution in [0.1, 0.15) is 4.88 Å². The van der Waals surface area contributed by atoms with E-state index in [2.05, 4.69) is 21.2 Å². The van der Waals surface area contributed by atoms with Gasteiger partial charge in [0, 0.05) is 20.8 Å². The summed E-state index contributed by atoms with van der Waals surface area (Å²) in [6.45, 7) is 0. The van der Waals surface area contributed by atoms with Crippen molar-refractivity contribution in [3.8, 4) is 0 Å². The topological polar surface area (TPSA) is 29.1 Å². The van der Waals surface area contributed by atoms with Gasteiger partial charge < -0.3 is 5.32 Å². The fourth-order valence-corrected chi connectivity index (χ4v) is 3.03. The quantitative estimate of drug-likeness (QED) is 0.707. The Hall–Kier alpha value is -0.810. The van der Waals surface area contributed by atoms with Gasteiger partial charge in [0.25, 0.3) is 0 Å². The Balaban J connectivity index is 2.05. The summed E-state index contributed by atoms with van der Waals surface area (Å²) in [4.78, 5) is 12.7. The van der Waals surface area contributed by atoms with Crippen LogP contribution in [0.2, 0.25) is 10.0 Å². The highest BCUT2D eigenvalue weighted by Gasteiger charge is 2.06. The first-order chi connectivity index (χ1) is 9.06. The van der Waals surface area contributed by atoms with Crippen molar-refractivity contribution < 1.29 is 4.79 Å². The van der Waals surface area contributed by atoms with Crippen LogP contribution in [0.15, 0.2) is 40.2 Å². The average Bonchev–Trinajstić information content (AvgIpc) is 2.78. The molecule has 1 aromatic carbocycles. The Bertz CT molecular complexity index is 639. The summed E-state index contributed by atoms with van der Waals surface area (Å²) in [5.41, 5.74) is 0.496. The van der Waals surface area contributed by atoms with Crippen LogP contribution in [-0.4, -0.2) is 5.91 Å². The third kappa shape index (κ3) is 4.08. The van der Waals surface area contributed by atoms with Crippen molar-refractivity contribution in [2.75, 3.05) is 5.32 Å². The second-order valence-electron chi connectivity index (χ2n) is 3.59. The standard InChI is InChI=1S/C13H8BrCl2NOS/c14-8-6-9(19-7-8)4-5-12(18)17-11-3-1-2-10(15)13(11)16/h1-7H,(H,17,18)/b5-4+. The van der Waals surface area contributed by atoms with E-state index in [-0.39, 0.29) is 5.91 Å². The summed E-state index contributed by atoms with van der Waals surface area (Å²) in [5.74, 6) is -0.256. The molecule has 0 unspecified atom stereocenters. The summed E-state index contributed by atoms with van der Waals surface area (Å²) in [6.07, 6.45) is 3.19. The Kier molecular flexibility index (Phi) is 5.05. The van der Waals surface area contributed by atoms with Crippen molar-refractivity contribution >= 4 is 68.1 Å². The first-order valence-electron chi connectivity index (χ1n) is 5.23. The number of amides is 1. The molecule has 0 saturated heterocycles. The predicted octanol–water partition coefficient (Wildman–Crippen LogP) is 5.47. The van der Waals surface area contributed by atoms with E-state index in [1.807, 2.05) is 11.4 Å². The zero-order valence-electron chi connectivity index (χ0n) is 9.49. The number of nitrogens with one attached hydrogen (secondary N) is 1. The maximum Gasteiger partial charge on any atom is 0.248 e. The highest BCUT2D eigenvalue weighted by molar-refractivity contribution is 9.10. The normalized spacial score (nSPS) is 10.9. The molecule has 98 valence electrons. The molecule has 0 fully saturated rings. The Labute approximate surface area is 133 Å². The lowest BCUT2D eigenvalue weighted by molar-refractivity contribution is -0.111. The van der Waals surface area contributed by atoms with E-state index in [9.17, 15) is 4.79 Å². The van der Waals surface area contributed by atoms with E-state index in [0.29, 0.717) is 15.7 Å². The van der Waals surface area contributed by atoms with Crippen molar-refractivity contribution in [2.24, 2.45) is 0 Å².